The largest absolute Gasteiger partial charge is 0.320 e. The van der Waals surface area contributed by atoms with E-state index < -0.39 is 0 Å². The molecule has 25 heavy (non-hydrogen) atoms. The number of imidazole rings is 1. The van der Waals surface area contributed by atoms with Gasteiger partial charge in [0.15, 0.2) is 0 Å². The molecule has 4 rings (SSSR count). The quantitative estimate of drug-likeness (QED) is 0.625. The third kappa shape index (κ3) is 2.97. The van der Waals surface area contributed by atoms with E-state index in [0.29, 0.717) is 0 Å². The number of rotatable bonds is 3. The molecule has 0 bridgehead atoms. The molecule has 0 spiro atoms. The molecular weight excluding hydrogens is 314 g/mol. The number of amides is 1. The van der Waals surface area contributed by atoms with Crippen LogP contribution in [0.2, 0.25) is 0 Å². The Bertz CT molecular complexity index is 1020. The summed E-state index contributed by atoms with van der Waals surface area (Å²) in [7, 11) is 0. The minimum absolute atomic E-state index is 0.278. The number of hydrogen-bond acceptors (Lipinski definition) is 4. The number of carbonyl (C=O) groups is 1. The first kappa shape index (κ1) is 15.0. The highest BCUT2D eigenvalue weighted by Gasteiger charge is 2.11. The Morgan fingerprint density at radius 3 is 2.88 bits per heavy atom. The van der Waals surface area contributed by atoms with Crippen LogP contribution in [-0.4, -0.2) is 25.3 Å². The van der Waals surface area contributed by atoms with E-state index in [0.717, 1.165) is 28.2 Å². The molecule has 3 aromatic heterocycles. The summed E-state index contributed by atoms with van der Waals surface area (Å²) in [5.41, 5.74) is 4.63. The number of aryl methyl sites for hydroxylation is 1. The van der Waals surface area contributed by atoms with E-state index >= 15 is 0 Å². The van der Waals surface area contributed by atoms with Crippen molar-refractivity contribution in [3.05, 3.63) is 78.6 Å². The maximum atomic E-state index is 12.3. The SMILES string of the molecule is Cc1ccc(-c2cn3ccccc3n2)cc1NC(=O)c1cnccn1. The number of benzene rings is 1. The molecule has 0 fully saturated rings. The second-order valence-electron chi connectivity index (χ2n) is 5.67. The van der Waals surface area contributed by atoms with Gasteiger partial charge < -0.3 is 9.72 Å². The summed E-state index contributed by atoms with van der Waals surface area (Å²) in [6, 6.07) is 11.7. The van der Waals surface area contributed by atoms with Gasteiger partial charge in [0.1, 0.15) is 11.3 Å². The van der Waals surface area contributed by atoms with Gasteiger partial charge in [-0.2, -0.15) is 0 Å². The lowest BCUT2D eigenvalue weighted by molar-refractivity contribution is 0.102. The number of anilines is 1. The van der Waals surface area contributed by atoms with Crippen molar-refractivity contribution in [3.8, 4) is 11.3 Å². The first-order valence-electron chi connectivity index (χ1n) is 7.83. The smallest absolute Gasteiger partial charge is 0.275 e. The van der Waals surface area contributed by atoms with Crippen molar-refractivity contribution in [2.75, 3.05) is 5.32 Å². The average Bonchev–Trinajstić information content (AvgIpc) is 3.08. The van der Waals surface area contributed by atoms with E-state index in [1.165, 1.54) is 18.6 Å². The van der Waals surface area contributed by atoms with Gasteiger partial charge in [-0.05, 0) is 30.7 Å². The molecule has 1 aromatic carbocycles. The van der Waals surface area contributed by atoms with Crippen LogP contribution in [0.3, 0.4) is 0 Å². The van der Waals surface area contributed by atoms with Crippen molar-refractivity contribution in [1.29, 1.82) is 0 Å². The number of pyridine rings is 1. The lowest BCUT2D eigenvalue weighted by Gasteiger charge is -2.09. The van der Waals surface area contributed by atoms with Crippen molar-refractivity contribution in [1.82, 2.24) is 19.4 Å². The normalized spacial score (nSPS) is 10.8. The van der Waals surface area contributed by atoms with Crippen LogP contribution in [0.25, 0.3) is 16.9 Å². The van der Waals surface area contributed by atoms with E-state index in [4.69, 9.17) is 0 Å². The average molecular weight is 329 g/mol. The summed E-state index contributed by atoms with van der Waals surface area (Å²) < 4.78 is 1.97. The molecular formula is C19H15N5O. The van der Waals surface area contributed by atoms with E-state index in [2.05, 4.69) is 20.3 Å². The third-order valence-electron chi connectivity index (χ3n) is 3.94. The maximum Gasteiger partial charge on any atom is 0.275 e. The molecule has 6 heteroatoms. The van der Waals surface area contributed by atoms with Gasteiger partial charge in [0.2, 0.25) is 0 Å². The highest BCUT2D eigenvalue weighted by atomic mass is 16.1. The van der Waals surface area contributed by atoms with Gasteiger partial charge in [-0.1, -0.05) is 18.2 Å². The number of hydrogen-bond donors (Lipinski definition) is 1. The molecule has 0 saturated carbocycles. The standard InChI is InChI=1S/C19H15N5O/c1-13-5-6-14(17-12-24-9-3-2-4-18(24)22-17)10-15(13)23-19(25)16-11-20-7-8-21-16/h2-12H,1H3,(H,23,25). The summed E-state index contributed by atoms with van der Waals surface area (Å²) in [4.78, 5) is 24.9. The van der Waals surface area contributed by atoms with Crippen LogP contribution in [0.15, 0.2) is 67.4 Å². The Hall–Kier alpha value is -3.54. The summed E-state index contributed by atoms with van der Waals surface area (Å²) in [6.45, 7) is 1.94. The van der Waals surface area contributed by atoms with Crippen molar-refractivity contribution < 1.29 is 4.79 Å². The Balaban J connectivity index is 1.67. The first-order chi connectivity index (χ1) is 12.2. The summed E-state index contributed by atoms with van der Waals surface area (Å²) in [5, 5.41) is 2.89. The zero-order valence-electron chi connectivity index (χ0n) is 13.5. The van der Waals surface area contributed by atoms with Gasteiger partial charge in [-0.15, -0.1) is 0 Å². The molecule has 0 aliphatic rings. The number of aromatic nitrogens is 4. The van der Waals surface area contributed by atoms with Gasteiger partial charge in [-0.3, -0.25) is 9.78 Å². The summed E-state index contributed by atoms with van der Waals surface area (Å²) in [5.74, 6) is -0.289. The van der Waals surface area contributed by atoms with Gasteiger partial charge in [0.25, 0.3) is 5.91 Å². The highest BCUT2D eigenvalue weighted by Crippen LogP contribution is 2.25. The van der Waals surface area contributed by atoms with Crippen LogP contribution >= 0.6 is 0 Å². The lowest BCUT2D eigenvalue weighted by atomic mass is 10.1. The summed E-state index contributed by atoms with van der Waals surface area (Å²) in [6.07, 6.45) is 8.39. The van der Waals surface area contributed by atoms with E-state index in [9.17, 15) is 4.79 Å². The zero-order valence-corrected chi connectivity index (χ0v) is 13.5. The Morgan fingerprint density at radius 2 is 2.08 bits per heavy atom. The molecule has 4 aromatic rings. The van der Waals surface area contributed by atoms with Gasteiger partial charge >= 0.3 is 0 Å². The fourth-order valence-corrected chi connectivity index (χ4v) is 2.59. The van der Waals surface area contributed by atoms with Gasteiger partial charge in [0, 0.05) is 36.0 Å². The molecule has 6 nitrogen and oxygen atoms in total. The number of nitrogens with one attached hydrogen (secondary N) is 1. The van der Waals surface area contributed by atoms with Crippen LogP contribution in [0.5, 0.6) is 0 Å². The molecule has 1 amide bonds. The molecule has 122 valence electrons. The van der Waals surface area contributed by atoms with Crippen molar-refractivity contribution >= 4 is 17.2 Å². The third-order valence-corrected chi connectivity index (χ3v) is 3.94. The van der Waals surface area contributed by atoms with E-state index in [1.807, 2.05) is 60.1 Å². The number of nitrogens with zero attached hydrogens (tertiary/aromatic N) is 4. The minimum Gasteiger partial charge on any atom is -0.320 e. The van der Waals surface area contributed by atoms with Crippen LogP contribution in [0.1, 0.15) is 16.1 Å². The topological polar surface area (TPSA) is 72.2 Å². The maximum absolute atomic E-state index is 12.3. The number of fused-ring (bicyclic) bond motifs is 1. The predicted molar refractivity (Wildman–Crippen MR) is 95.4 cm³/mol. The summed E-state index contributed by atoms with van der Waals surface area (Å²) >= 11 is 0. The van der Waals surface area contributed by atoms with Gasteiger partial charge in [-0.25, -0.2) is 9.97 Å². The zero-order chi connectivity index (χ0) is 17.2. The first-order valence-corrected chi connectivity index (χ1v) is 7.83. The van der Waals surface area contributed by atoms with Crippen molar-refractivity contribution in [2.24, 2.45) is 0 Å². The monoisotopic (exact) mass is 329 g/mol. The molecule has 0 unspecified atom stereocenters. The van der Waals surface area contributed by atoms with Crippen LogP contribution < -0.4 is 5.32 Å². The van der Waals surface area contributed by atoms with Crippen molar-refractivity contribution in [3.63, 3.8) is 0 Å². The van der Waals surface area contributed by atoms with Crippen LogP contribution in [-0.2, 0) is 0 Å². The number of carbonyl (C=O) groups excluding carboxylic acids is 1. The molecule has 0 atom stereocenters. The molecule has 0 saturated heterocycles. The fourth-order valence-electron chi connectivity index (χ4n) is 2.59. The van der Waals surface area contributed by atoms with Gasteiger partial charge in [0.05, 0.1) is 11.9 Å². The highest BCUT2D eigenvalue weighted by molar-refractivity contribution is 6.03. The second-order valence-corrected chi connectivity index (χ2v) is 5.67. The Morgan fingerprint density at radius 1 is 1.16 bits per heavy atom. The molecule has 3 heterocycles. The lowest BCUT2D eigenvalue weighted by Crippen LogP contribution is -2.14. The van der Waals surface area contributed by atoms with E-state index in [-0.39, 0.29) is 11.6 Å². The molecule has 0 radical (unpaired) electrons. The second kappa shape index (κ2) is 6.16. The Kier molecular flexibility index (Phi) is 3.70. The Labute approximate surface area is 144 Å². The molecule has 0 aliphatic carbocycles. The van der Waals surface area contributed by atoms with E-state index in [1.54, 1.807) is 0 Å². The van der Waals surface area contributed by atoms with Crippen LogP contribution in [0, 0.1) is 6.92 Å². The molecule has 1 N–H and O–H groups in total. The minimum atomic E-state index is -0.289. The van der Waals surface area contributed by atoms with Crippen molar-refractivity contribution in [2.45, 2.75) is 6.92 Å². The van der Waals surface area contributed by atoms with Crippen LogP contribution in [0.4, 0.5) is 5.69 Å². The molecule has 0 aliphatic heterocycles. The fraction of sp³-hybridized carbons (Fsp3) is 0.0526. The predicted octanol–water partition coefficient (Wildman–Crippen LogP) is 3.35.